The summed E-state index contributed by atoms with van der Waals surface area (Å²) in [6.45, 7) is 0. The third-order valence-corrected chi connectivity index (χ3v) is 5.07. The molecule has 2 N–H and O–H groups in total. The molecule has 0 radical (unpaired) electrons. The SMILES string of the molecule is CNc1ccc(Oc2ccnc3cc(-c4cccc[n+]4O)sc23)c(F)c1. The molecule has 0 atom stereocenters. The molecular weight excluding hydrogens is 353 g/mol. The van der Waals surface area contributed by atoms with Gasteiger partial charge in [-0.1, -0.05) is 0 Å². The zero-order chi connectivity index (χ0) is 18.1. The fourth-order valence-electron chi connectivity index (χ4n) is 2.61. The summed E-state index contributed by atoms with van der Waals surface area (Å²) in [5, 5.41) is 12.9. The van der Waals surface area contributed by atoms with Crippen LogP contribution >= 0.6 is 11.3 Å². The minimum absolute atomic E-state index is 0.142. The smallest absolute Gasteiger partial charge is 0.274 e. The van der Waals surface area contributed by atoms with Gasteiger partial charge in [-0.05, 0) is 24.3 Å². The van der Waals surface area contributed by atoms with E-state index >= 15 is 0 Å². The molecule has 0 fully saturated rings. The first-order valence-electron chi connectivity index (χ1n) is 7.90. The summed E-state index contributed by atoms with van der Waals surface area (Å²) in [6, 6.07) is 13.7. The summed E-state index contributed by atoms with van der Waals surface area (Å²) in [5.41, 5.74) is 2.04. The van der Waals surface area contributed by atoms with Gasteiger partial charge in [0, 0.05) is 47.9 Å². The Morgan fingerprint density at radius 1 is 1.15 bits per heavy atom. The maximum absolute atomic E-state index is 14.2. The molecule has 0 unspecified atom stereocenters. The molecule has 0 saturated heterocycles. The van der Waals surface area contributed by atoms with E-state index in [1.54, 1.807) is 49.8 Å². The van der Waals surface area contributed by atoms with Crippen LogP contribution in [-0.4, -0.2) is 17.2 Å². The number of nitrogens with zero attached hydrogens (tertiary/aromatic N) is 2. The van der Waals surface area contributed by atoms with E-state index in [0.717, 1.165) is 19.8 Å². The molecule has 0 bridgehead atoms. The second kappa shape index (κ2) is 6.61. The van der Waals surface area contributed by atoms with Crippen LogP contribution in [0.25, 0.3) is 20.8 Å². The third-order valence-electron chi connectivity index (χ3n) is 3.91. The summed E-state index contributed by atoms with van der Waals surface area (Å²) in [6.07, 6.45) is 3.18. The van der Waals surface area contributed by atoms with Gasteiger partial charge in [-0.25, -0.2) is 4.39 Å². The maximum atomic E-state index is 14.2. The van der Waals surface area contributed by atoms with Crippen molar-refractivity contribution in [3.8, 4) is 22.1 Å². The third kappa shape index (κ3) is 2.93. The quantitative estimate of drug-likeness (QED) is 0.412. The molecule has 4 aromatic rings. The molecule has 0 aliphatic rings. The average molecular weight is 368 g/mol. The van der Waals surface area contributed by atoms with Crippen molar-refractivity contribution in [3.63, 3.8) is 0 Å². The fraction of sp³-hybridized carbons (Fsp3) is 0.0526. The largest absolute Gasteiger partial charge is 0.453 e. The molecule has 3 aromatic heterocycles. The zero-order valence-corrected chi connectivity index (χ0v) is 14.6. The molecule has 0 aliphatic carbocycles. The number of nitrogens with one attached hydrogen (secondary N) is 1. The van der Waals surface area contributed by atoms with E-state index in [9.17, 15) is 9.60 Å². The minimum atomic E-state index is -0.449. The van der Waals surface area contributed by atoms with E-state index in [0.29, 0.717) is 17.1 Å². The highest BCUT2D eigenvalue weighted by atomic mass is 32.1. The van der Waals surface area contributed by atoms with Crippen LogP contribution in [0, 0.1) is 5.82 Å². The highest BCUT2D eigenvalue weighted by Gasteiger charge is 2.18. The van der Waals surface area contributed by atoms with E-state index in [1.165, 1.54) is 17.4 Å². The van der Waals surface area contributed by atoms with Crippen LogP contribution in [0.4, 0.5) is 10.1 Å². The molecule has 0 spiro atoms. The maximum Gasteiger partial charge on any atom is 0.274 e. The van der Waals surface area contributed by atoms with Gasteiger partial charge in [-0.15, -0.1) is 11.3 Å². The van der Waals surface area contributed by atoms with Gasteiger partial charge >= 0.3 is 0 Å². The number of pyridine rings is 2. The lowest BCUT2D eigenvalue weighted by Crippen LogP contribution is -2.31. The van der Waals surface area contributed by atoms with Crippen LogP contribution in [0.2, 0.25) is 0 Å². The predicted molar refractivity (Wildman–Crippen MR) is 98.5 cm³/mol. The number of benzene rings is 1. The Balaban J connectivity index is 1.76. The Labute approximate surface area is 152 Å². The van der Waals surface area contributed by atoms with E-state index < -0.39 is 5.82 Å². The number of rotatable bonds is 4. The molecular formula is C19H15FN3O2S+. The van der Waals surface area contributed by atoms with Gasteiger partial charge in [0.15, 0.2) is 11.6 Å². The molecule has 0 saturated carbocycles. The van der Waals surface area contributed by atoms with Crippen LogP contribution < -0.4 is 14.8 Å². The summed E-state index contributed by atoms with van der Waals surface area (Å²) in [5.74, 6) is 0.209. The van der Waals surface area contributed by atoms with Gasteiger partial charge in [0.05, 0.1) is 10.2 Å². The van der Waals surface area contributed by atoms with Crippen molar-refractivity contribution >= 4 is 27.2 Å². The van der Waals surface area contributed by atoms with E-state index in [2.05, 4.69) is 10.3 Å². The molecule has 5 nitrogen and oxygen atoms in total. The van der Waals surface area contributed by atoms with Crippen LogP contribution in [0.1, 0.15) is 0 Å². The van der Waals surface area contributed by atoms with Crippen LogP contribution in [0.15, 0.2) is 60.9 Å². The Morgan fingerprint density at radius 3 is 2.81 bits per heavy atom. The van der Waals surface area contributed by atoms with E-state index in [4.69, 9.17) is 4.74 Å². The average Bonchev–Trinajstić information content (AvgIpc) is 3.08. The van der Waals surface area contributed by atoms with Crippen LogP contribution in [-0.2, 0) is 0 Å². The lowest BCUT2D eigenvalue weighted by Gasteiger charge is -2.08. The minimum Gasteiger partial charge on any atom is -0.453 e. The second-order valence-corrected chi connectivity index (χ2v) is 6.61. The molecule has 130 valence electrons. The van der Waals surface area contributed by atoms with E-state index in [1.807, 2.05) is 12.1 Å². The first kappa shape index (κ1) is 16.3. The van der Waals surface area contributed by atoms with Gasteiger partial charge in [0.2, 0.25) is 6.20 Å². The Bertz CT molecular complexity index is 1100. The molecule has 26 heavy (non-hydrogen) atoms. The van der Waals surface area contributed by atoms with Crippen molar-refractivity contribution in [2.75, 3.05) is 12.4 Å². The molecule has 1 aromatic carbocycles. The number of hydrogen-bond acceptors (Lipinski definition) is 5. The highest BCUT2D eigenvalue weighted by Crippen LogP contribution is 2.38. The second-order valence-electron chi connectivity index (χ2n) is 5.56. The first-order chi connectivity index (χ1) is 12.7. The number of halogens is 1. The van der Waals surface area contributed by atoms with Crippen molar-refractivity contribution < 1.29 is 19.1 Å². The topological polar surface area (TPSA) is 58.3 Å². The Morgan fingerprint density at radius 2 is 2.04 bits per heavy atom. The lowest BCUT2D eigenvalue weighted by molar-refractivity contribution is -0.896. The highest BCUT2D eigenvalue weighted by molar-refractivity contribution is 7.22. The summed E-state index contributed by atoms with van der Waals surface area (Å²) in [7, 11) is 1.73. The Hall–Kier alpha value is -3.19. The molecule has 4 rings (SSSR count). The molecule has 0 aliphatic heterocycles. The van der Waals surface area contributed by atoms with Crippen molar-refractivity contribution in [1.29, 1.82) is 0 Å². The molecule has 3 heterocycles. The van der Waals surface area contributed by atoms with Crippen molar-refractivity contribution in [1.82, 2.24) is 4.98 Å². The first-order valence-corrected chi connectivity index (χ1v) is 8.71. The van der Waals surface area contributed by atoms with Gasteiger partial charge in [0.25, 0.3) is 5.69 Å². The number of anilines is 1. The fourth-order valence-corrected chi connectivity index (χ4v) is 3.69. The normalized spacial score (nSPS) is 10.8. The zero-order valence-electron chi connectivity index (χ0n) is 13.8. The summed E-state index contributed by atoms with van der Waals surface area (Å²) >= 11 is 1.42. The van der Waals surface area contributed by atoms with Crippen molar-refractivity contribution in [3.05, 3.63) is 66.7 Å². The van der Waals surface area contributed by atoms with Gasteiger partial charge in [0.1, 0.15) is 10.6 Å². The van der Waals surface area contributed by atoms with Gasteiger partial charge in [-0.2, -0.15) is 0 Å². The van der Waals surface area contributed by atoms with E-state index in [-0.39, 0.29) is 5.75 Å². The number of aromatic nitrogens is 2. The van der Waals surface area contributed by atoms with Crippen molar-refractivity contribution in [2.24, 2.45) is 0 Å². The molecule has 7 heteroatoms. The monoisotopic (exact) mass is 368 g/mol. The predicted octanol–water partition coefficient (Wildman–Crippen LogP) is 4.46. The summed E-state index contributed by atoms with van der Waals surface area (Å²) < 4.78 is 21.9. The lowest BCUT2D eigenvalue weighted by atomic mass is 10.2. The van der Waals surface area contributed by atoms with Crippen LogP contribution in [0.3, 0.4) is 0 Å². The van der Waals surface area contributed by atoms with Gasteiger partial charge < -0.3 is 10.1 Å². The van der Waals surface area contributed by atoms with Gasteiger partial charge in [-0.3, -0.25) is 10.2 Å². The number of fused-ring (bicyclic) bond motifs is 1. The number of hydrogen-bond donors (Lipinski definition) is 2. The standard InChI is InChI=1S/C19H15FN3O2S/c1-21-12-5-6-16(13(20)10-12)25-17-7-8-22-14-11-18(26-19(14)17)15-4-2-3-9-23(15)24/h2-11,21,24H,1H3/q+1. The van der Waals surface area contributed by atoms with Crippen molar-refractivity contribution in [2.45, 2.75) is 0 Å². The van der Waals surface area contributed by atoms with Crippen LogP contribution in [0.5, 0.6) is 11.5 Å². The summed E-state index contributed by atoms with van der Waals surface area (Å²) in [4.78, 5) is 5.18. The Kier molecular flexibility index (Phi) is 4.14. The number of thiophene rings is 1. The molecule has 0 amide bonds. The number of ether oxygens (including phenoxy) is 1.